The zero-order valence-electron chi connectivity index (χ0n) is 7.41. The van der Waals surface area contributed by atoms with Crippen LogP contribution < -0.4 is 10.3 Å². The summed E-state index contributed by atoms with van der Waals surface area (Å²) in [5.74, 6) is 0.0390. The van der Waals surface area contributed by atoms with Gasteiger partial charge in [-0.2, -0.15) is 0 Å². The Hall–Kier alpha value is -1.00. The summed E-state index contributed by atoms with van der Waals surface area (Å²) in [5.41, 5.74) is 0.996. The molecule has 0 aliphatic rings. The Morgan fingerprint density at radius 2 is 2.43 bits per heavy atom. The molecule has 0 amide bonds. The monoisotopic (exact) mass is 234 g/mol. The topological polar surface area (TPSA) is 44.1 Å². The maximum atomic E-state index is 11.6. The minimum atomic E-state index is -0.331. The van der Waals surface area contributed by atoms with E-state index in [0.717, 1.165) is 0 Å². The number of rotatable bonds is 3. The number of nitrogens with zero attached hydrogens (tertiary/aromatic N) is 2. The van der Waals surface area contributed by atoms with Gasteiger partial charge < -0.3 is 4.74 Å². The zero-order chi connectivity index (χ0) is 10.6. The summed E-state index contributed by atoms with van der Waals surface area (Å²) in [6, 6.07) is 0. The van der Waals surface area contributed by atoms with Gasteiger partial charge in [-0.25, -0.2) is 4.98 Å². The first kappa shape index (κ1) is 11.1. The van der Waals surface area contributed by atoms with Crippen LogP contribution in [0.5, 0.6) is 5.75 Å². The number of allylic oxidation sites excluding steroid dienone is 1. The fraction of sp³-hybridized carbons (Fsp3) is 0.250. The summed E-state index contributed by atoms with van der Waals surface area (Å²) in [7, 11) is 1.37. The van der Waals surface area contributed by atoms with E-state index in [4.69, 9.17) is 27.9 Å². The Labute approximate surface area is 90.7 Å². The molecule has 76 valence electrons. The summed E-state index contributed by atoms with van der Waals surface area (Å²) < 4.78 is 6.15. The Morgan fingerprint density at radius 1 is 1.71 bits per heavy atom. The second-order valence-electron chi connectivity index (χ2n) is 2.39. The first-order valence-corrected chi connectivity index (χ1v) is 4.56. The van der Waals surface area contributed by atoms with Gasteiger partial charge in [0, 0.05) is 12.1 Å². The van der Waals surface area contributed by atoms with Crippen LogP contribution >= 0.6 is 23.2 Å². The predicted molar refractivity (Wildman–Crippen MR) is 55.1 cm³/mol. The second kappa shape index (κ2) is 5.02. The number of hydrogen-bond acceptors (Lipinski definition) is 3. The summed E-state index contributed by atoms with van der Waals surface area (Å²) in [6.07, 6.45) is 2.95. The maximum absolute atomic E-state index is 11.6. The van der Waals surface area contributed by atoms with E-state index in [1.54, 1.807) is 6.08 Å². The highest BCUT2D eigenvalue weighted by Gasteiger charge is 2.08. The van der Waals surface area contributed by atoms with Gasteiger partial charge >= 0.3 is 0 Å². The van der Waals surface area contributed by atoms with Crippen molar-refractivity contribution >= 4 is 23.2 Å². The quantitative estimate of drug-likeness (QED) is 0.748. The smallest absolute Gasteiger partial charge is 0.297 e. The van der Waals surface area contributed by atoms with Crippen LogP contribution in [0.3, 0.4) is 0 Å². The molecule has 0 atom stereocenters. The van der Waals surface area contributed by atoms with Crippen LogP contribution in [-0.4, -0.2) is 16.7 Å². The standard InChI is InChI=1S/C8H8Cl2N2O2/c1-14-6-7(10)11-5-12(8(6)13)4-2-3-9/h2-3,5H,4H2,1H3/b3-2+. The fourth-order valence-electron chi connectivity index (χ4n) is 0.905. The lowest BCUT2D eigenvalue weighted by atomic mass is 10.5. The number of halogens is 2. The van der Waals surface area contributed by atoms with Gasteiger partial charge in [0.15, 0.2) is 5.15 Å². The summed E-state index contributed by atoms with van der Waals surface area (Å²) in [6.45, 7) is 0.336. The second-order valence-corrected chi connectivity index (χ2v) is 3.00. The molecule has 0 spiro atoms. The largest absolute Gasteiger partial charge is 0.489 e. The minimum Gasteiger partial charge on any atom is -0.489 e. The molecule has 1 aromatic heterocycles. The lowest BCUT2D eigenvalue weighted by Gasteiger charge is -2.05. The first-order valence-electron chi connectivity index (χ1n) is 3.75. The van der Waals surface area contributed by atoms with Crippen LogP contribution in [0.2, 0.25) is 5.15 Å². The molecule has 0 unspecified atom stereocenters. The van der Waals surface area contributed by atoms with Crippen molar-refractivity contribution in [3.8, 4) is 5.75 Å². The van der Waals surface area contributed by atoms with Crippen molar-refractivity contribution in [1.29, 1.82) is 0 Å². The van der Waals surface area contributed by atoms with E-state index in [9.17, 15) is 4.79 Å². The summed E-state index contributed by atoms with van der Waals surface area (Å²) in [5, 5.41) is 0.0589. The van der Waals surface area contributed by atoms with Crippen LogP contribution in [0.15, 0.2) is 22.7 Å². The van der Waals surface area contributed by atoms with Crippen molar-refractivity contribution in [3.05, 3.63) is 33.4 Å². The number of methoxy groups -OCH3 is 1. The van der Waals surface area contributed by atoms with Gasteiger partial charge in [0.25, 0.3) is 5.56 Å². The van der Waals surface area contributed by atoms with Gasteiger partial charge in [0.05, 0.1) is 13.4 Å². The highest BCUT2D eigenvalue weighted by molar-refractivity contribution is 6.30. The van der Waals surface area contributed by atoms with Gasteiger partial charge in [-0.15, -0.1) is 0 Å². The molecule has 0 aliphatic carbocycles. The van der Waals surface area contributed by atoms with E-state index in [-0.39, 0.29) is 16.5 Å². The van der Waals surface area contributed by atoms with E-state index < -0.39 is 0 Å². The molecular formula is C8H8Cl2N2O2. The molecule has 0 saturated heterocycles. The van der Waals surface area contributed by atoms with E-state index >= 15 is 0 Å². The third kappa shape index (κ3) is 2.27. The molecule has 4 nitrogen and oxygen atoms in total. The molecule has 1 heterocycles. The minimum absolute atomic E-state index is 0.0390. The highest BCUT2D eigenvalue weighted by Crippen LogP contribution is 2.14. The number of ether oxygens (including phenoxy) is 1. The first-order chi connectivity index (χ1) is 6.70. The molecule has 1 aromatic rings. The van der Waals surface area contributed by atoms with Crippen molar-refractivity contribution in [2.75, 3.05) is 7.11 Å². The fourth-order valence-corrected chi connectivity index (χ4v) is 1.19. The Kier molecular flexibility index (Phi) is 3.98. The van der Waals surface area contributed by atoms with Crippen molar-refractivity contribution in [3.63, 3.8) is 0 Å². The average molecular weight is 235 g/mol. The SMILES string of the molecule is COc1c(Cl)ncn(C/C=C/Cl)c1=O. The van der Waals surface area contributed by atoms with Crippen molar-refractivity contribution in [2.45, 2.75) is 6.54 Å². The average Bonchev–Trinajstić information content (AvgIpc) is 2.18. The molecular weight excluding hydrogens is 227 g/mol. The normalized spacial score (nSPS) is 10.8. The Morgan fingerprint density at radius 3 is 3.00 bits per heavy atom. The third-order valence-electron chi connectivity index (χ3n) is 1.55. The molecule has 0 radical (unpaired) electrons. The van der Waals surface area contributed by atoms with Gasteiger partial charge in [0.1, 0.15) is 0 Å². The van der Waals surface area contributed by atoms with Crippen LogP contribution in [0.25, 0.3) is 0 Å². The number of hydrogen-bond donors (Lipinski definition) is 0. The lowest BCUT2D eigenvalue weighted by Crippen LogP contribution is -2.21. The predicted octanol–water partition coefficient (Wildman–Crippen LogP) is 1.66. The van der Waals surface area contributed by atoms with Gasteiger partial charge in [0.2, 0.25) is 5.75 Å². The van der Waals surface area contributed by atoms with Crippen LogP contribution in [-0.2, 0) is 6.54 Å². The Bertz CT molecular complexity index is 401. The van der Waals surface area contributed by atoms with E-state index in [1.807, 2.05) is 0 Å². The van der Waals surface area contributed by atoms with Crippen molar-refractivity contribution < 1.29 is 4.74 Å². The maximum Gasteiger partial charge on any atom is 0.297 e. The van der Waals surface area contributed by atoms with Crippen molar-refractivity contribution in [1.82, 2.24) is 9.55 Å². The van der Waals surface area contributed by atoms with Crippen LogP contribution in [0.1, 0.15) is 0 Å². The van der Waals surface area contributed by atoms with E-state index in [0.29, 0.717) is 6.54 Å². The molecule has 6 heteroatoms. The molecule has 14 heavy (non-hydrogen) atoms. The summed E-state index contributed by atoms with van der Waals surface area (Å²) >= 11 is 11.0. The molecule has 0 aromatic carbocycles. The molecule has 0 saturated carbocycles. The molecule has 0 aliphatic heterocycles. The third-order valence-corrected chi connectivity index (χ3v) is 2.00. The van der Waals surface area contributed by atoms with Crippen molar-refractivity contribution in [2.24, 2.45) is 0 Å². The lowest BCUT2D eigenvalue weighted by molar-refractivity contribution is 0.401. The molecule has 0 N–H and O–H groups in total. The number of aromatic nitrogens is 2. The molecule has 0 bridgehead atoms. The highest BCUT2D eigenvalue weighted by atomic mass is 35.5. The van der Waals surface area contributed by atoms with Crippen LogP contribution in [0.4, 0.5) is 0 Å². The van der Waals surface area contributed by atoms with Gasteiger partial charge in [-0.05, 0) is 0 Å². The van der Waals surface area contributed by atoms with E-state index in [2.05, 4.69) is 4.98 Å². The zero-order valence-corrected chi connectivity index (χ0v) is 8.92. The molecule has 1 rings (SSSR count). The molecule has 0 fully saturated rings. The Balaban J connectivity index is 3.15. The van der Waals surface area contributed by atoms with Gasteiger partial charge in [-0.3, -0.25) is 9.36 Å². The summed E-state index contributed by atoms with van der Waals surface area (Å²) in [4.78, 5) is 15.4. The van der Waals surface area contributed by atoms with Crippen LogP contribution in [0, 0.1) is 0 Å². The van der Waals surface area contributed by atoms with E-state index in [1.165, 1.54) is 23.5 Å². The van der Waals surface area contributed by atoms with Gasteiger partial charge in [-0.1, -0.05) is 29.3 Å².